The molecule has 16 heavy (non-hydrogen) atoms. The lowest BCUT2D eigenvalue weighted by atomic mass is 10.1. The van der Waals surface area contributed by atoms with Crippen molar-refractivity contribution >= 4 is 27.6 Å². The molecule has 1 N–H and O–H groups in total. The van der Waals surface area contributed by atoms with Crippen molar-refractivity contribution in [2.24, 2.45) is 0 Å². The van der Waals surface area contributed by atoms with Gasteiger partial charge in [-0.2, -0.15) is 0 Å². The molecule has 0 fully saturated rings. The van der Waals surface area contributed by atoms with Crippen LogP contribution in [0, 0.1) is 0 Å². The van der Waals surface area contributed by atoms with E-state index in [4.69, 9.17) is 5.11 Å². The fraction of sp³-hybridized carbons (Fsp3) is 0.417. The number of carbonyl (C=O) groups is 1. The number of hydrogen-bond donors (Lipinski definition) is 1. The zero-order valence-electron chi connectivity index (χ0n) is 9.53. The van der Waals surface area contributed by atoms with Gasteiger partial charge < -0.3 is 10.0 Å². The number of hydrogen-bond acceptors (Lipinski definition) is 2. The summed E-state index contributed by atoms with van der Waals surface area (Å²) in [5.74, 6) is -0.889. The van der Waals surface area contributed by atoms with Crippen LogP contribution in [0.3, 0.4) is 0 Å². The molecule has 0 aliphatic carbocycles. The van der Waals surface area contributed by atoms with Gasteiger partial charge in [-0.25, -0.2) is 4.79 Å². The summed E-state index contributed by atoms with van der Waals surface area (Å²) in [6, 6.07) is 5.34. The highest BCUT2D eigenvalue weighted by molar-refractivity contribution is 9.10. The molecule has 1 aromatic carbocycles. The van der Waals surface area contributed by atoms with Gasteiger partial charge in [-0.15, -0.1) is 0 Å². The highest BCUT2D eigenvalue weighted by atomic mass is 79.9. The SMILES string of the molecule is CCCCN(C)c1ccc(Br)cc1C(=O)O. The molecule has 0 aliphatic heterocycles. The van der Waals surface area contributed by atoms with Gasteiger partial charge in [0.05, 0.1) is 11.3 Å². The molecule has 0 saturated carbocycles. The molecule has 0 aromatic heterocycles. The Morgan fingerprint density at radius 3 is 2.75 bits per heavy atom. The Morgan fingerprint density at radius 2 is 2.19 bits per heavy atom. The van der Waals surface area contributed by atoms with Crippen LogP contribution >= 0.6 is 15.9 Å². The molecule has 0 unspecified atom stereocenters. The van der Waals surface area contributed by atoms with E-state index in [1.165, 1.54) is 0 Å². The zero-order chi connectivity index (χ0) is 12.1. The van der Waals surface area contributed by atoms with E-state index in [2.05, 4.69) is 22.9 Å². The van der Waals surface area contributed by atoms with Crippen LogP contribution in [0.4, 0.5) is 5.69 Å². The first-order valence-corrected chi connectivity index (χ1v) is 6.09. The van der Waals surface area contributed by atoms with Crippen molar-refractivity contribution in [2.75, 3.05) is 18.5 Å². The third-order valence-electron chi connectivity index (χ3n) is 2.45. The van der Waals surface area contributed by atoms with Crippen molar-refractivity contribution in [1.82, 2.24) is 0 Å². The maximum absolute atomic E-state index is 11.1. The highest BCUT2D eigenvalue weighted by Gasteiger charge is 2.13. The first-order chi connectivity index (χ1) is 7.56. The highest BCUT2D eigenvalue weighted by Crippen LogP contribution is 2.24. The minimum Gasteiger partial charge on any atom is -0.478 e. The Labute approximate surface area is 104 Å². The van der Waals surface area contributed by atoms with Crippen LogP contribution in [0.1, 0.15) is 30.1 Å². The summed E-state index contributed by atoms with van der Waals surface area (Å²) in [6.45, 7) is 2.99. The van der Waals surface area contributed by atoms with Crippen molar-refractivity contribution in [3.8, 4) is 0 Å². The second kappa shape index (κ2) is 5.89. The third-order valence-corrected chi connectivity index (χ3v) is 2.94. The Balaban J connectivity index is 2.98. The van der Waals surface area contributed by atoms with Gasteiger partial charge >= 0.3 is 5.97 Å². The van der Waals surface area contributed by atoms with E-state index in [1.807, 2.05) is 24.1 Å². The molecule has 88 valence electrons. The van der Waals surface area contributed by atoms with Crippen LogP contribution in [0.15, 0.2) is 22.7 Å². The summed E-state index contributed by atoms with van der Waals surface area (Å²) in [6.07, 6.45) is 2.16. The van der Waals surface area contributed by atoms with Crippen LogP contribution in [-0.2, 0) is 0 Å². The second-order valence-corrected chi connectivity index (χ2v) is 4.66. The largest absolute Gasteiger partial charge is 0.478 e. The summed E-state index contributed by atoms with van der Waals surface area (Å²) < 4.78 is 0.789. The molecular formula is C12H16BrNO2. The molecule has 0 saturated heterocycles. The standard InChI is InChI=1S/C12H16BrNO2/c1-3-4-7-14(2)11-6-5-9(13)8-10(11)12(15)16/h5-6,8H,3-4,7H2,1-2H3,(H,15,16). The molecule has 0 radical (unpaired) electrons. The van der Waals surface area contributed by atoms with Gasteiger partial charge in [0.15, 0.2) is 0 Å². The minimum atomic E-state index is -0.889. The fourth-order valence-electron chi connectivity index (χ4n) is 1.53. The average Bonchev–Trinajstić information content (AvgIpc) is 2.25. The molecule has 0 heterocycles. The summed E-state index contributed by atoms with van der Waals surface area (Å²) in [7, 11) is 1.92. The first-order valence-electron chi connectivity index (χ1n) is 5.30. The summed E-state index contributed by atoms with van der Waals surface area (Å²) in [4.78, 5) is 13.1. The van der Waals surface area contributed by atoms with E-state index >= 15 is 0 Å². The third kappa shape index (κ3) is 3.23. The number of halogens is 1. The molecule has 1 rings (SSSR count). The second-order valence-electron chi connectivity index (χ2n) is 3.74. The lowest BCUT2D eigenvalue weighted by Crippen LogP contribution is -2.21. The maximum Gasteiger partial charge on any atom is 0.337 e. The number of aromatic carboxylic acids is 1. The minimum absolute atomic E-state index is 0.341. The number of carboxylic acid groups (broad SMARTS) is 1. The number of carboxylic acids is 1. The molecule has 1 aromatic rings. The average molecular weight is 286 g/mol. The molecule has 0 bridgehead atoms. The van der Waals surface area contributed by atoms with Gasteiger partial charge in [-0.1, -0.05) is 29.3 Å². The fourth-order valence-corrected chi connectivity index (χ4v) is 1.89. The van der Waals surface area contributed by atoms with Crippen molar-refractivity contribution in [1.29, 1.82) is 0 Å². The monoisotopic (exact) mass is 285 g/mol. The molecule has 3 nitrogen and oxygen atoms in total. The molecule has 0 atom stereocenters. The van der Waals surface area contributed by atoms with E-state index < -0.39 is 5.97 Å². The van der Waals surface area contributed by atoms with Gasteiger partial charge in [0.1, 0.15) is 0 Å². The molecule has 0 aliphatic rings. The Morgan fingerprint density at radius 1 is 1.50 bits per heavy atom. The van der Waals surface area contributed by atoms with Gasteiger partial charge in [0, 0.05) is 18.1 Å². The van der Waals surface area contributed by atoms with E-state index in [9.17, 15) is 4.79 Å². The lowest BCUT2D eigenvalue weighted by Gasteiger charge is -2.21. The summed E-state index contributed by atoms with van der Waals surface area (Å²) in [5, 5.41) is 9.12. The first kappa shape index (κ1) is 13.0. The van der Waals surface area contributed by atoms with Gasteiger partial charge in [0.25, 0.3) is 0 Å². The number of anilines is 1. The number of rotatable bonds is 5. The van der Waals surface area contributed by atoms with Gasteiger partial charge in [-0.3, -0.25) is 0 Å². The van der Waals surface area contributed by atoms with Gasteiger partial charge in [0.2, 0.25) is 0 Å². The molecular weight excluding hydrogens is 270 g/mol. The summed E-state index contributed by atoms with van der Waals surface area (Å²) in [5.41, 5.74) is 1.11. The molecule has 0 amide bonds. The van der Waals surface area contributed by atoms with Gasteiger partial charge in [-0.05, 0) is 24.6 Å². The van der Waals surface area contributed by atoms with E-state index in [1.54, 1.807) is 6.07 Å². The van der Waals surface area contributed by atoms with Crippen LogP contribution in [-0.4, -0.2) is 24.7 Å². The summed E-state index contributed by atoms with van der Waals surface area (Å²) >= 11 is 3.28. The quantitative estimate of drug-likeness (QED) is 0.902. The number of benzene rings is 1. The van der Waals surface area contributed by atoms with Crippen LogP contribution in [0.5, 0.6) is 0 Å². The predicted molar refractivity (Wildman–Crippen MR) is 69.3 cm³/mol. The molecule has 4 heteroatoms. The predicted octanol–water partition coefficient (Wildman–Crippen LogP) is 3.38. The van der Waals surface area contributed by atoms with Crippen molar-refractivity contribution < 1.29 is 9.90 Å². The van der Waals surface area contributed by atoms with Crippen molar-refractivity contribution in [3.05, 3.63) is 28.2 Å². The Kier molecular flexibility index (Phi) is 4.80. The zero-order valence-corrected chi connectivity index (χ0v) is 11.1. The van der Waals surface area contributed by atoms with E-state index in [-0.39, 0.29) is 0 Å². The Hall–Kier alpha value is -1.03. The topological polar surface area (TPSA) is 40.5 Å². The lowest BCUT2D eigenvalue weighted by molar-refractivity contribution is 0.0697. The van der Waals surface area contributed by atoms with Crippen molar-refractivity contribution in [3.63, 3.8) is 0 Å². The van der Waals surface area contributed by atoms with E-state index in [0.29, 0.717) is 5.56 Å². The normalized spacial score (nSPS) is 10.2. The number of nitrogens with zero attached hydrogens (tertiary/aromatic N) is 1. The van der Waals surface area contributed by atoms with Crippen LogP contribution in [0.2, 0.25) is 0 Å². The maximum atomic E-state index is 11.1. The Bertz CT molecular complexity index is 379. The smallest absolute Gasteiger partial charge is 0.337 e. The van der Waals surface area contributed by atoms with Crippen molar-refractivity contribution in [2.45, 2.75) is 19.8 Å². The van der Waals surface area contributed by atoms with Crippen LogP contribution in [0.25, 0.3) is 0 Å². The van der Waals surface area contributed by atoms with E-state index in [0.717, 1.165) is 29.5 Å². The number of unbranched alkanes of at least 4 members (excludes halogenated alkanes) is 1. The molecule has 0 spiro atoms. The van der Waals surface area contributed by atoms with Crippen LogP contribution < -0.4 is 4.90 Å².